The van der Waals surface area contributed by atoms with Gasteiger partial charge in [-0.25, -0.2) is 9.37 Å². The Morgan fingerprint density at radius 2 is 1.91 bits per heavy atom. The van der Waals surface area contributed by atoms with E-state index in [4.69, 9.17) is 11.6 Å². The topological polar surface area (TPSA) is 107 Å². The third-order valence-electron chi connectivity index (χ3n) is 6.52. The van der Waals surface area contributed by atoms with Gasteiger partial charge in [0.25, 0.3) is 11.8 Å². The van der Waals surface area contributed by atoms with Crippen molar-refractivity contribution in [3.63, 3.8) is 0 Å². The van der Waals surface area contributed by atoms with Gasteiger partial charge in [-0.1, -0.05) is 11.6 Å². The van der Waals surface area contributed by atoms with Crippen molar-refractivity contribution in [2.24, 2.45) is 5.41 Å². The monoisotopic (exact) mass is 515 g/mol. The van der Waals surface area contributed by atoms with Crippen LogP contribution in [-0.2, 0) is 4.79 Å². The molecule has 2 aliphatic rings. The van der Waals surface area contributed by atoms with Crippen LogP contribution in [0.2, 0.25) is 5.02 Å². The van der Waals surface area contributed by atoms with Crippen molar-refractivity contribution in [3.8, 4) is 0 Å². The van der Waals surface area contributed by atoms with Gasteiger partial charge in [0.1, 0.15) is 18.1 Å². The number of alkyl halides is 3. The second-order valence-electron chi connectivity index (χ2n) is 8.75. The minimum absolute atomic E-state index is 0.0910. The molecule has 8 nitrogen and oxygen atoms in total. The van der Waals surface area contributed by atoms with Gasteiger partial charge in [0.05, 0.1) is 22.5 Å². The summed E-state index contributed by atoms with van der Waals surface area (Å²) in [4.78, 5) is 45.7. The molecule has 2 heterocycles. The SMILES string of the molecule is O=C(N[C@H]1CC[C@@]2(CCN(c3ccc(F)cc3Cl)C2=O)CC1)c1nc[nH]c1C(=O)NCC(F)(F)F. The summed E-state index contributed by atoms with van der Waals surface area (Å²) < 4.78 is 50.5. The maximum absolute atomic E-state index is 13.4. The first kappa shape index (κ1) is 25.0. The Morgan fingerprint density at radius 1 is 1.20 bits per heavy atom. The smallest absolute Gasteiger partial charge is 0.348 e. The van der Waals surface area contributed by atoms with Gasteiger partial charge in [0, 0.05) is 12.6 Å². The molecule has 2 fully saturated rings. The maximum Gasteiger partial charge on any atom is 0.405 e. The lowest BCUT2D eigenvalue weighted by molar-refractivity contribution is -0.127. The number of aromatic amines is 1. The Hall–Kier alpha value is -3.15. The molecule has 0 radical (unpaired) electrons. The molecule has 1 aliphatic heterocycles. The second kappa shape index (κ2) is 9.48. The highest BCUT2D eigenvalue weighted by molar-refractivity contribution is 6.34. The van der Waals surface area contributed by atoms with Crippen LogP contribution >= 0.6 is 11.6 Å². The number of amides is 3. The van der Waals surface area contributed by atoms with E-state index in [0.29, 0.717) is 44.3 Å². The number of carbonyl (C=O) groups is 3. The summed E-state index contributed by atoms with van der Waals surface area (Å²) in [7, 11) is 0. The highest BCUT2D eigenvalue weighted by Gasteiger charge is 2.49. The fourth-order valence-corrected chi connectivity index (χ4v) is 4.96. The molecule has 188 valence electrons. The molecule has 0 unspecified atom stereocenters. The molecular weight excluding hydrogens is 494 g/mol. The van der Waals surface area contributed by atoms with E-state index in [0.717, 1.165) is 12.4 Å². The molecule has 1 saturated heterocycles. The molecule has 1 aliphatic carbocycles. The fourth-order valence-electron chi connectivity index (χ4n) is 4.69. The summed E-state index contributed by atoms with van der Waals surface area (Å²) in [6, 6.07) is 3.59. The van der Waals surface area contributed by atoms with Crippen molar-refractivity contribution >= 4 is 35.0 Å². The normalized spacial score (nSPS) is 22.5. The molecule has 1 saturated carbocycles. The lowest BCUT2D eigenvalue weighted by atomic mass is 9.71. The third-order valence-corrected chi connectivity index (χ3v) is 6.82. The van der Waals surface area contributed by atoms with Crippen molar-refractivity contribution < 1.29 is 31.9 Å². The van der Waals surface area contributed by atoms with Gasteiger partial charge in [-0.05, 0) is 50.3 Å². The van der Waals surface area contributed by atoms with Gasteiger partial charge in [-0.3, -0.25) is 14.4 Å². The lowest BCUT2D eigenvalue weighted by Crippen LogP contribution is -2.44. The molecular formula is C22H22ClF4N5O3. The average molecular weight is 516 g/mol. The number of hydrogen-bond acceptors (Lipinski definition) is 4. The number of imidazole rings is 1. The number of hydrogen-bond donors (Lipinski definition) is 3. The zero-order chi connectivity index (χ0) is 25.4. The van der Waals surface area contributed by atoms with Gasteiger partial charge in [0.15, 0.2) is 5.69 Å². The fraction of sp³-hybridized carbons (Fsp3) is 0.455. The molecule has 1 aromatic heterocycles. The number of halogens is 5. The second-order valence-corrected chi connectivity index (χ2v) is 9.16. The molecule has 3 N–H and O–H groups in total. The number of benzene rings is 1. The standard InChI is InChI=1S/C22H22ClF4N5O3/c23-14-9-12(24)1-2-15(14)32-8-7-21(20(32)35)5-3-13(4-6-21)31-19(34)17-16(29-11-30-17)18(33)28-10-22(25,26)27/h1-2,9,11,13H,3-8,10H2,(H,28,33)(H,29,30)(H,31,34)/t13-,21-. The third kappa shape index (κ3) is 5.26. The van der Waals surface area contributed by atoms with Gasteiger partial charge in [-0.2, -0.15) is 13.2 Å². The van der Waals surface area contributed by atoms with Crippen LogP contribution in [0.5, 0.6) is 0 Å². The van der Waals surface area contributed by atoms with E-state index in [9.17, 15) is 31.9 Å². The maximum atomic E-state index is 13.4. The number of rotatable bonds is 5. The lowest BCUT2D eigenvalue weighted by Gasteiger charge is -2.36. The molecule has 2 aromatic rings. The van der Waals surface area contributed by atoms with Crippen LogP contribution in [0.1, 0.15) is 53.1 Å². The Morgan fingerprint density at radius 3 is 2.57 bits per heavy atom. The first-order chi connectivity index (χ1) is 16.5. The highest BCUT2D eigenvalue weighted by atomic mass is 35.5. The largest absolute Gasteiger partial charge is 0.405 e. The quantitative estimate of drug-likeness (QED) is 0.529. The average Bonchev–Trinajstić information content (AvgIpc) is 3.40. The van der Waals surface area contributed by atoms with E-state index < -0.39 is 35.8 Å². The zero-order valence-corrected chi connectivity index (χ0v) is 19.1. The van der Waals surface area contributed by atoms with E-state index in [2.05, 4.69) is 15.3 Å². The van der Waals surface area contributed by atoms with Crippen LogP contribution in [0.4, 0.5) is 23.2 Å². The molecule has 1 spiro atoms. The van der Waals surface area contributed by atoms with Crippen molar-refractivity contribution in [1.29, 1.82) is 0 Å². The van der Waals surface area contributed by atoms with Gasteiger partial charge in [0.2, 0.25) is 5.91 Å². The summed E-state index contributed by atoms with van der Waals surface area (Å²) in [6.07, 6.45) is -0.948. The van der Waals surface area contributed by atoms with Crippen molar-refractivity contribution in [1.82, 2.24) is 20.6 Å². The Kier molecular flexibility index (Phi) is 6.76. The van der Waals surface area contributed by atoms with E-state index in [1.165, 1.54) is 12.1 Å². The summed E-state index contributed by atoms with van der Waals surface area (Å²) in [6.45, 7) is -1.09. The Balaban J connectivity index is 1.35. The molecule has 0 bridgehead atoms. The van der Waals surface area contributed by atoms with Crippen LogP contribution in [0, 0.1) is 11.2 Å². The Labute approximate surface area is 202 Å². The van der Waals surface area contributed by atoms with Crippen molar-refractivity contribution in [3.05, 3.63) is 46.8 Å². The highest BCUT2D eigenvalue weighted by Crippen LogP contribution is 2.47. The molecule has 35 heavy (non-hydrogen) atoms. The molecule has 4 rings (SSSR count). The summed E-state index contributed by atoms with van der Waals surface area (Å²) in [5.74, 6) is -2.37. The number of nitrogens with zero attached hydrogens (tertiary/aromatic N) is 2. The number of aromatic nitrogens is 2. The summed E-state index contributed by atoms with van der Waals surface area (Å²) in [5.41, 5.74) is -0.815. The van der Waals surface area contributed by atoms with E-state index in [1.807, 2.05) is 0 Å². The minimum Gasteiger partial charge on any atom is -0.348 e. The van der Waals surface area contributed by atoms with Gasteiger partial charge in [-0.15, -0.1) is 0 Å². The van der Waals surface area contributed by atoms with Crippen molar-refractivity contribution in [2.75, 3.05) is 18.0 Å². The van der Waals surface area contributed by atoms with Crippen LogP contribution in [-0.4, -0.2) is 53.0 Å². The van der Waals surface area contributed by atoms with E-state index >= 15 is 0 Å². The van der Waals surface area contributed by atoms with E-state index in [1.54, 1.807) is 10.2 Å². The predicted octanol–water partition coefficient (Wildman–Crippen LogP) is 3.59. The number of carbonyl (C=O) groups excluding carboxylic acids is 3. The van der Waals surface area contributed by atoms with Crippen molar-refractivity contribution in [2.45, 2.75) is 44.3 Å². The Bertz CT molecular complexity index is 1140. The van der Waals surface area contributed by atoms with Gasteiger partial charge < -0.3 is 20.5 Å². The first-order valence-electron chi connectivity index (χ1n) is 11.0. The molecule has 1 aromatic carbocycles. The molecule has 0 atom stereocenters. The summed E-state index contributed by atoms with van der Waals surface area (Å²) in [5, 5.41) is 4.61. The number of H-pyrrole nitrogens is 1. The number of anilines is 1. The van der Waals surface area contributed by atoms with Crippen LogP contribution in [0.3, 0.4) is 0 Å². The number of nitrogens with one attached hydrogen (secondary N) is 3. The zero-order valence-electron chi connectivity index (χ0n) is 18.3. The van der Waals surface area contributed by atoms with E-state index in [-0.39, 0.29) is 28.4 Å². The molecule has 3 amide bonds. The van der Waals surface area contributed by atoms with Gasteiger partial charge >= 0.3 is 6.18 Å². The predicted molar refractivity (Wildman–Crippen MR) is 118 cm³/mol. The minimum atomic E-state index is -4.59. The first-order valence-corrected chi connectivity index (χ1v) is 11.3. The van der Waals surface area contributed by atoms with Crippen LogP contribution in [0.25, 0.3) is 0 Å². The summed E-state index contributed by atoms with van der Waals surface area (Å²) >= 11 is 6.13. The van der Waals surface area contributed by atoms with Crippen LogP contribution in [0.15, 0.2) is 24.5 Å². The van der Waals surface area contributed by atoms with Crippen LogP contribution < -0.4 is 15.5 Å². The molecule has 13 heteroatoms.